The van der Waals surface area contributed by atoms with Crippen LogP contribution in [0, 0.1) is 0 Å². The summed E-state index contributed by atoms with van der Waals surface area (Å²) in [6, 6.07) is 8.21. The van der Waals surface area contributed by atoms with Gasteiger partial charge in [-0.25, -0.2) is 4.98 Å². The van der Waals surface area contributed by atoms with E-state index in [2.05, 4.69) is 4.98 Å². The van der Waals surface area contributed by atoms with Gasteiger partial charge in [-0.05, 0) is 36.6 Å². The molecule has 3 rings (SSSR count). The van der Waals surface area contributed by atoms with E-state index in [9.17, 15) is 15.0 Å². The first-order chi connectivity index (χ1) is 9.68. The zero-order valence-electron chi connectivity index (χ0n) is 10.8. The molecule has 0 fully saturated rings. The summed E-state index contributed by atoms with van der Waals surface area (Å²) in [5, 5.41) is 19.8. The molecule has 20 heavy (non-hydrogen) atoms. The number of para-hydroxylation sites is 1. The van der Waals surface area contributed by atoms with E-state index in [1.165, 1.54) is 17.2 Å². The van der Waals surface area contributed by atoms with Crippen LogP contribution in [0.5, 0.6) is 11.5 Å². The van der Waals surface area contributed by atoms with Crippen molar-refractivity contribution in [3.63, 3.8) is 0 Å². The second-order valence-electron chi connectivity index (χ2n) is 4.72. The molecule has 0 spiro atoms. The maximum atomic E-state index is 12.5. The second-order valence-corrected chi connectivity index (χ2v) is 4.72. The number of rotatable bonds is 1. The van der Waals surface area contributed by atoms with Gasteiger partial charge in [0.25, 0.3) is 5.91 Å². The Hall–Kier alpha value is -2.56. The van der Waals surface area contributed by atoms with Crippen molar-refractivity contribution >= 4 is 11.6 Å². The summed E-state index contributed by atoms with van der Waals surface area (Å²) < 4.78 is 0. The normalized spacial score (nSPS) is 13.9. The highest BCUT2D eigenvalue weighted by atomic mass is 16.3. The number of anilines is 1. The molecule has 1 aromatic carbocycles. The Labute approximate surface area is 116 Å². The Morgan fingerprint density at radius 3 is 2.75 bits per heavy atom. The minimum atomic E-state index is -0.398. The molecule has 0 saturated carbocycles. The van der Waals surface area contributed by atoms with Crippen LogP contribution in [0.15, 0.2) is 36.5 Å². The molecule has 2 heterocycles. The molecule has 102 valence electrons. The molecule has 0 radical (unpaired) electrons. The van der Waals surface area contributed by atoms with Crippen LogP contribution in [-0.2, 0) is 6.42 Å². The smallest absolute Gasteiger partial charge is 0.280 e. The second kappa shape index (κ2) is 4.85. The Balaban J connectivity index is 2.05. The summed E-state index contributed by atoms with van der Waals surface area (Å²) in [4.78, 5) is 17.9. The van der Waals surface area contributed by atoms with Crippen molar-refractivity contribution in [1.29, 1.82) is 0 Å². The molecule has 5 heteroatoms. The van der Waals surface area contributed by atoms with E-state index in [0.29, 0.717) is 12.2 Å². The third-order valence-electron chi connectivity index (χ3n) is 3.43. The number of nitrogens with zero attached hydrogens (tertiary/aromatic N) is 2. The number of aromatic nitrogens is 1. The molecule has 1 aliphatic rings. The molecule has 5 nitrogen and oxygen atoms in total. The van der Waals surface area contributed by atoms with Gasteiger partial charge in [0.1, 0.15) is 11.5 Å². The Kier molecular flexibility index (Phi) is 3.02. The van der Waals surface area contributed by atoms with Crippen LogP contribution >= 0.6 is 0 Å². The number of carbonyl (C=O) groups excluding carboxylic acids is 1. The number of phenolic OH excluding ortho intramolecular Hbond substituents is 1. The third kappa shape index (κ3) is 1.97. The first-order valence-corrected chi connectivity index (χ1v) is 6.45. The molecule has 2 aromatic rings. The van der Waals surface area contributed by atoms with Gasteiger partial charge in [-0.1, -0.05) is 12.1 Å². The quantitative estimate of drug-likeness (QED) is 0.832. The van der Waals surface area contributed by atoms with Crippen LogP contribution in [0.3, 0.4) is 0 Å². The molecule has 0 aliphatic carbocycles. The van der Waals surface area contributed by atoms with Crippen molar-refractivity contribution < 1.29 is 15.0 Å². The van der Waals surface area contributed by atoms with Gasteiger partial charge in [0.05, 0.1) is 5.69 Å². The average Bonchev–Trinajstić information content (AvgIpc) is 2.47. The molecule has 0 unspecified atom stereocenters. The SMILES string of the molecule is O=C(c1ncccc1O)N1CCCc2cccc(O)c21. The number of carbonyl (C=O) groups is 1. The average molecular weight is 270 g/mol. The highest BCUT2D eigenvalue weighted by molar-refractivity contribution is 6.07. The van der Waals surface area contributed by atoms with Crippen molar-refractivity contribution in [2.75, 3.05) is 11.4 Å². The lowest BCUT2D eigenvalue weighted by Crippen LogP contribution is -2.36. The van der Waals surface area contributed by atoms with E-state index >= 15 is 0 Å². The van der Waals surface area contributed by atoms with Gasteiger partial charge >= 0.3 is 0 Å². The fraction of sp³-hybridized carbons (Fsp3) is 0.200. The summed E-state index contributed by atoms with van der Waals surface area (Å²) in [5.74, 6) is -0.475. The van der Waals surface area contributed by atoms with Gasteiger partial charge in [-0.15, -0.1) is 0 Å². The number of fused-ring (bicyclic) bond motifs is 1. The van der Waals surface area contributed by atoms with E-state index < -0.39 is 5.91 Å². The van der Waals surface area contributed by atoms with Crippen molar-refractivity contribution in [2.24, 2.45) is 0 Å². The van der Waals surface area contributed by atoms with Gasteiger partial charge in [0.2, 0.25) is 0 Å². The van der Waals surface area contributed by atoms with E-state index in [0.717, 1.165) is 18.4 Å². The van der Waals surface area contributed by atoms with Crippen LogP contribution in [-0.4, -0.2) is 27.6 Å². The molecule has 1 amide bonds. The number of aromatic hydroxyl groups is 2. The molecule has 1 aliphatic heterocycles. The minimum Gasteiger partial charge on any atom is -0.506 e. The van der Waals surface area contributed by atoms with Gasteiger partial charge in [0, 0.05) is 12.7 Å². The minimum absolute atomic E-state index is 0.00334. The molecule has 1 aromatic heterocycles. The van der Waals surface area contributed by atoms with Gasteiger partial charge in [0.15, 0.2) is 5.69 Å². The first kappa shape index (κ1) is 12.5. The number of hydrogen-bond acceptors (Lipinski definition) is 4. The molecular formula is C15H14N2O3. The first-order valence-electron chi connectivity index (χ1n) is 6.45. The highest BCUT2D eigenvalue weighted by Gasteiger charge is 2.28. The molecule has 0 bridgehead atoms. The lowest BCUT2D eigenvalue weighted by Gasteiger charge is -2.29. The van der Waals surface area contributed by atoms with Crippen molar-refractivity contribution in [1.82, 2.24) is 4.98 Å². The van der Waals surface area contributed by atoms with Gasteiger partial charge < -0.3 is 15.1 Å². The summed E-state index contributed by atoms with van der Waals surface area (Å²) in [5.41, 5.74) is 1.46. The summed E-state index contributed by atoms with van der Waals surface area (Å²) in [6.07, 6.45) is 3.10. The third-order valence-corrected chi connectivity index (χ3v) is 3.43. The lowest BCUT2D eigenvalue weighted by atomic mass is 10.0. The van der Waals surface area contributed by atoms with Crippen LogP contribution in [0.4, 0.5) is 5.69 Å². The molecule has 0 atom stereocenters. The zero-order chi connectivity index (χ0) is 14.1. The van der Waals surface area contributed by atoms with E-state index in [-0.39, 0.29) is 17.2 Å². The van der Waals surface area contributed by atoms with E-state index in [1.54, 1.807) is 18.2 Å². The van der Waals surface area contributed by atoms with Gasteiger partial charge in [-0.3, -0.25) is 4.79 Å². The Bertz CT molecular complexity index is 670. The fourth-order valence-electron chi connectivity index (χ4n) is 2.52. The monoisotopic (exact) mass is 270 g/mol. The predicted molar refractivity (Wildman–Crippen MR) is 74.0 cm³/mol. The Morgan fingerprint density at radius 1 is 1.15 bits per heavy atom. The van der Waals surface area contributed by atoms with Crippen molar-refractivity contribution in [3.05, 3.63) is 47.8 Å². The largest absolute Gasteiger partial charge is 0.506 e. The van der Waals surface area contributed by atoms with Gasteiger partial charge in [-0.2, -0.15) is 0 Å². The number of benzene rings is 1. The standard InChI is InChI=1S/C15H14N2O3/c18-11-7-2-8-16-13(11)15(20)17-9-3-5-10-4-1-6-12(19)14(10)17/h1-2,4,6-8,18-19H,3,5,9H2. The van der Waals surface area contributed by atoms with Crippen LogP contribution < -0.4 is 4.90 Å². The maximum absolute atomic E-state index is 12.5. The number of hydrogen-bond donors (Lipinski definition) is 2. The van der Waals surface area contributed by atoms with Crippen LogP contribution in [0.25, 0.3) is 0 Å². The zero-order valence-corrected chi connectivity index (χ0v) is 10.8. The fourth-order valence-corrected chi connectivity index (χ4v) is 2.52. The molecule has 2 N–H and O–H groups in total. The topological polar surface area (TPSA) is 73.7 Å². The van der Waals surface area contributed by atoms with E-state index in [4.69, 9.17) is 0 Å². The van der Waals surface area contributed by atoms with Crippen molar-refractivity contribution in [3.8, 4) is 11.5 Å². The number of phenols is 1. The number of aryl methyl sites for hydroxylation is 1. The maximum Gasteiger partial charge on any atom is 0.280 e. The molecule has 0 saturated heterocycles. The van der Waals surface area contributed by atoms with Crippen LogP contribution in [0.2, 0.25) is 0 Å². The van der Waals surface area contributed by atoms with E-state index in [1.807, 2.05) is 6.07 Å². The Morgan fingerprint density at radius 2 is 1.95 bits per heavy atom. The predicted octanol–water partition coefficient (Wildman–Crippen LogP) is 2.09. The number of pyridine rings is 1. The summed E-state index contributed by atoms with van der Waals surface area (Å²) in [6.45, 7) is 0.499. The highest BCUT2D eigenvalue weighted by Crippen LogP contribution is 2.36. The van der Waals surface area contributed by atoms with Crippen LogP contribution in [0.1, 0.15) is 22.5 Å². The lowest BCUT2D eigenvalue weighted by molar-refractivity contribution is 0.0976. The summed E-state index contributed by atoms with van der Waals surface area (Å²) in [7, 11) is 0. The van der Waals surface area contributed by atoms with Crippen molar-refractivity contribution in [2.45, 2.75) is 12.8 Å². The summed E-state index contributed by atoms with van der Waals surface area (Å²) >= 11 is 0. The number of amides is 1. The molecular weight excluding hydrogens is 256 g/mol.